The predicted molar refractivity (Wildman–Crippen MR) is 107 cm³/mol. The second kappa shape index (κ2) is 9.21. The maximum atomic E-state index is 12.6. The minimum Gasteiger partial charge on any atom is -0.497 e. The number of hydrogen-bond acceptors (Lipinski definition) is 4. The number of anilines is 1. The molecule has 3 amide bonds. The van der Waals surface area contributed by atoms with Crippen LogP contribution in [-0.2, 0) is 6.54 Å². The molecule has 1 atom stereocenters. The Hall–Kier alpha value is -3.09. The Morgan fingerprint density at radius 3 is 2.75 bits per heavy atom. The number of likely N-dealkylation sites (tertiary alicyclic amines) is 1. The SMILES string of the molecule is COc1ccnc(CNC(=O)Nc2ccc(C(=O)N3CCC[C@H](C)C3)cc2)c1. The molecule has 1 aliphatic heterocycles. The van der Waals surface area contributed by atoms with E-state index in [4.69, 9.17) is 4.74 Å². The van der Waals surface area contributed by atoms with Crippen LogP contribution in [0.2, 0.25) is 0 Å². The zero-order valence-corrected chi connectivity index (χ0v) is 16.3. The summed E-state index contributed by atoms with van der Waals surface area (Å²) in [5, 5.41) is 5.51. The van der Waals surface area contributed by atoms with Gasteiger partial charge in [0.05, 0.1) is 19.3 Å². The highest BCUT2D eigenvalue weighted by atomic mass is 16.5. The number of carbonyl (C=O) groups is 2. The number of ether oxygens (including phenoxy) is 1. The number of rotatable bonds is 5. The molecule has 0 saturated carbocycles. The van der Waals surface area contributed by atoms with E-state index in [2.05, 4.69) is 22.5 Å². The summed E-state index contributed by atoms with van der Waals surface area (Å²) in [6.45, 7) is 4.07. The maximum Gasteiger partial charge on any atom is 0.319 e. The van der Waals surface area contributed by atoms with Crippen molar-refractivity contribution < 1.29 is 14.3 Å². The molecule has 1 aromatic carbocycles. The van der Waals surface area contributed by atoms with Crippen molar-refractivity contribution in [1.29, 1.82) is 0 Å². The lowest BCUT2D eigenvalue weighted by molar-refractivity contribution is 0.0683. The van der Waals surface area contributed by atoms with E-state index in [1.54, 1.807) is 49.7 Å². The Balaban J connectivity index is 1.52. The summed E-state index contributed by atoms with van der Waals surface area (Å²) in [6, 6.07) is 10.2. The van der Waals surface area contributed by atoms with E-state index in [0.29, 0.717) is 28.6 Å². The molecule has 7 heteroatoms. The number of hydrogen-bond donors (Lipinski definition) is 2. The number of pyridine rings is 1. The van der Waals surface area contributed by atoms with Crippen LogP contribution in [0.3, 0.4) is 0 Å². The van der Waals surface area contributed by atoms with Gasteiger partial charge in [-0.3, -0.25) is 9.78 Å². The molecule has 7 nitrogen and oxygen atoms in total. The second-order valence-electron chi connectivity index (χ2n) is 7.07. The van der Waals surface area contributed by atoms with Gasteiger partial charge >= 0.3 is 6.03 Å². The summed E-state index contributed by atoms with van der Waals surface area (Å²) in [5.74, 6) is 1.28. The number of urea groups is 1. The highest BCUT2D eigenvalue weighted by Crippen LogP contribution is 2.19. The van der Waals surface area contributed by atoms with E-state index >= 15 is 0 Å². The molecule has 148 valence electrons. The van der Waals surface area contributed by atoms with Crippen LogP contribution >= 0.6 is 0 Å². The van der Waals surface area contributed by atoms with Crippen molar-refractivity contribution >= 4 is 17.6 Å². The summed E-state index contributed by atoms with van der Waals surface area (Å²) in [7, 11) is 1.58. The van der Waals surface area contributed by atoms with E-state index in [0.717, 1.165) is 19.5 Å². The first kappa shape index (κ1) is 19.7. The fourth-order valence-corrected chi connectivity index (χ4v) is 3.28. The average Bonchev–Trinajstić information content (AvgIpc) is 2.72. The standard InChI is InChI=1S/C21H26N4O3/c1-15-4-3-11-25(14-15)20(26)16-5-7-17(8-6-16)24-21(27)23-13-18-12-19(28-2)9-10-22-18/h5-10,12,15H,3-4,11,13-14H2,1-2H3,(H2,23,24,27)/t15-/m0/s1. The fourth-order valence-electron chi connectivity index (χ4n) is 3.28. The molecule has 1 fully saturated rings. The van der Waals surface area contributed by atoms with Crippen molar-refractivity contribution in [3.63, 3.8) is 0 Å². The maximum absolute atomic E-state index is 12.6. The van der Waals surface area contributed by atoms with Gasteiger partial charge in [0.15, 0.2) is 0 Å². The van der Waals surface area contributed by atoms with Crippen LogP contribution in [0.5, 0.6) is 5.75 Å². The molecule has 0 unspecified atom stereocenters. The van der Waals surface area contributed by atoms with Gasteiger partial charge in [0.25, 0.3) is 5.91 Å². The summed E-state index contributed by atoms with van der Waals surface area (Å²) < 4.78 is 5.14. The third-order valence-corrected chi connectivity index (χ3v) is 4.79. The number of nitrogens with zero attached hydrogens (tertiary/aromatic N) is 2. The highest BCUT2D eigenvalue weighted by Gasteiger charge is 2.21. The molecule has 0 spiro atoms. The van der Waals surface area contributed by atoms with Crippen molar-refractivity contribution in [3.05, 3.63) is 53.9 Å². The first-order valence-corrected chi connectivity index (χ1v) is 9.48. The van der Waals surface area contributed by atoms with Gasteiger partial charge in [0.2, 0.25) is 0 Å². The van der Waals surface area contributed by atoms with Gasteiger partial charge in [-0.05, 0) is 49.1 Å². The van der Waals surface area contributed by atoms with Crippen LogP contribution in [-0.4, -0.2) is 42.0 Å². The molecular formula is C21H26N4O3. The molecule has 0 bridgehead atoms. The van der Waals surface area contributed by atoms with Crippen LogP contribution in [0.15, 0.2) is 42.6 Å². The van der Waals surface area contributed by atoms with Gasteiger partial charge in [-0.1, -0.05) is 6.92 Å². The van der Waals surface area contributed by atoms with Crippen molar-refractivity contribution in [2.24, 2.45) is 5.92 Å². The van der Waals surface area contributed by atoms with Gasteiger partial charge in [-0.15, -0.1) is 0 Å². The lowest BCUT2D eigenvalue weighted by atomic mass is 9.99. The van der Waals surface area contributed by atoms with Crippen LogP contribution < -0.4 is 15.4 Å². The Morgan fingerprint density at radius 1 is 1.25 bits per heavy atom. The van der Waals surface area contributed by atoms with Gasteiger partial charge in [0.1, 0.15) is 5.75 Å². The molecule has 3 rings (SSSR count). The van der Waals surface area contributed by atoms with Gasteiger partial charge in [0, 0.05) is 36.6 Å². The largest absolute Gasteiger partial charge is 0.497 e. The normalized spacial score (nSPS) is 16.4. The van der Waals surface area contributed by atoms with Crippen LogP contribution in [0.1, 0.15) is 35.8 Å². The number of amides is 3. The van der Waals surface area contributed by atoms with E-state index < -0.39 is 0 Å². The first-order chi connectivity index (χ1) is 13.5. The number of nitrogens with one attached hydrogen (secondary N) is 2. The zero-order valence-electron chi connectivity index (χ0n) is 16.3. The van der Waals surface area contributed by atoms with Gasteiger partial charge in [-0.25, -0.2) is 4.79 Å². The van der Waals surface area contributed by atoms with E-state index in [9.17, 15) is 9.59 Å². The van der Waals surface area contributed by atoms with E-state index in [1.807, 2.05) is 4.90 Å². The van der Waals surface area contributed by atoms with Crippen molar-refractivity contribution in [2.45, 2.75) is 26.3 Å². The Morgan fingerprint density at radius 2 is 2.04 bits per heavy atom. The molecule has 2 heterocycles. The van der Waals surface area contributed by atoms with Crippen molar-refractivity contribution in [2.75, 3.05) is 25.5 Å². The van der Waals surface area contributed by atoms with Gasteiger partial charge in [-0.2, -0.15) is 0 Å². The summed E-state index contributed by atoms with van der Waals surface area (Å²) >= 11 is 0. The molecule has 0 radical (unpaired) electrons. The van der Waals surface area contributed by atoms with Crippen LogP contribution in [0.4, 0.5) is 10.5 Å². The van der Waals surface area contributed by atoms with Crippen molar-refractivity contribution in [3.8, 4) is 5.75 Å². The third kappa shape index (κ3) is 5.22. The van der Waals surface area contributed by atoms with Crippen molar-refractivity contribution in [1.82, 2.24) is 15.2 Å². The molecule has 1 aromatic heterocycles. The lowest BCUT2D eigenvalue weighted by Gasteiger charge is -2.31. The summed E-state index contributed by atoms with van der Waals surface area (Å²) in [6.07, 6.45) is 3.86. The first-order valence-electron chi connectivity index (χ1n) is 9.48. The Labute approximate surface area is 165 Å². The number of piperidine rings is 1. The second-order valence-corrected chi connectivity index (χ2v) is 7.07. The smallest absolute Gasteiger partial charge is 0.319 e. The minimum absolute atomic E-state index is 0.0478. The molecule has 1 aliphatic rings. The summed E-state index contributed by atoms with van der Waals surface area (Å²) in [5.41, 5.74) is 1.96. The summed E-state index contributed by atoms with van der Waals surface area (Å²) in [4.78, 5) is 30.8. The van der Waals surface area contributed by atoms with Crippen LogP contribution in [0, 0.1) is 5.92 Å². The lowest BCUT2D eigenvalue weighted by Crippen LogP contribution is -2.39. The van der Waals surface area contributed by atoms with Gasteiger partial charge < -0.3 is 20.3 Å². The predicted octanol–water partition coefficient (Wildman–Crippen LogP) is 3.28. The quantitative estimate of drug-likeness (QED) is 0.831. The van der Waals surface area contributed by atoms with E-state index in [1.165, 1.54) is 6.42 Å². The number of benzene rings is 1. The monoisotopic (exact) mass is 382 g/mol. The number of carbonyl (C=O) groups excluding carboxylic acids is 2. The molecule has 28 heavy (non-hydrogen) atoms. The fraction of sp³-hybridized carbons (Fsp3) is 0.381. The van der Waals surface area contributed by atoms with Crippen LogP contribution in [0.25, 0.3) is 0 Å². The number of aromatic nitrogens is 1. The van der Waals surface area contributed by atoms with E-state index in [-0.39, 0.29) is 18.5 Å². The molecule has 0 aliphatic carbocycles. The Kier molecular flexibility index (Phi) is 6.47. The zero-order chi connectivity index (χ0) is 19.9. The molecule has 2 N–H and O–H groups in total. The third-order valence-electron chi connectivity index (χ3n) is 4.79. The molecule has 2 aromatic rings. The topological polar surface area (TPSA) is 83.6 Å². The molecular weight excluding hydrogens is 356 g/mol. The average molecular weight is 382 g/mol. The number of methoxy groups -OCH3 is 1. The Bertz CT molecular complexity index is 823. The highest BCUT2D eigenvalue weighted by molar-refractivity contribution is 5.95. The minimum atomic E-state index is -0.339. The molecule has 1 saturated heterocycles.